The van der Waals surface area contributed by atoms with E-state index >= 15 is 0 Å². The molecule has 2 fully saturated rings. The van der Waals surface area contributed by atoms with Gasteiger partial charge in [-0.05, 0) is 68.4 Å². The number of ether oxygens (including phenoxy) is 6. The highest BCUT2D eigenvalue weighted by atomic mass is 32.2. The van der Waals surface area contributed by atoms with Crippen molar-refractivity contribution in [1.82, 2.24) is 0 Å². The van der Waals surface area contributed by atoms with Gasteiger partial charge in [-0.1, -0.05) is 61.9 Å². The number of thioether (sulfide) groups is 1. The number of fused-ring (bicyclic) bond motifs is 2. The van der Waals surface area contributed by atoms with Gasteiger partial charge in [0.25, 0.3) is 0 Å². The third-order valence-electron chi connectivity index (χ3n) is 10.0. The summed E-state index contributed by atoms with van der Waals surface area (Å²) in [6, 6.07) is 18.4. The first-order valence-corrected chi connectivity index (χ1v) is 17.2. The number of hydrogen-bond acceptors (Lipinski definition) is 8. The molecule has 7 nitrogen and oxygen atoms in total. The second-order valence-corrected chi connectivity index (χ2v) is 14.6. The first-order valence-electron chi connectivity index (χ1n) is 16.2. The van der Waals surface area contributed by atoms with E-state index in [0.717, 1.165) is 36.3 Å². The van der Waals surface area contributed by atoms with E-state index in [4.69, 9.17) is 28.4 Å². The average molecular weight is 655 g/mol. The number of rotatable bonds is 19. The van der Waals surface area contributed by atoms with Gasteiger partial charge in [-0.3, -0.25) is 0 Å². The number of benzene rings is 2. The van der Waals surface area contributed by atoms with Crippen molar-refractivity contribution in [3.63, 3.8) is 0 Å². The Morgan fingerprint density at radius 1 is 1.04 bits per heavy atom. The molecule has 0 amide bonds. The van der Waals surface area contributed by atoms with Gasteiger partial charge in [-0.2, -0.15) is 0 Å². The molecule has 2 saturated carbocycles. The van der Waals surface area contributed by atoms with E-state index in [9.17, 15) is 5.11 Å². The van der Waals surface area contributed by atoms with Crippen LogP contribution >= 0.6 is 11.8 Å². The molecule has 8 heteroatoms. The van der Waals surface area contributed by atoms with Crippen LogP contribution in [0.3, 0.4) is 0 Å². The summed E-state index contributed by atoms with van der Waals surface area (Å²) in [4.78, 5) is 1.22. The van der Waals surface area contributed by atoms with Gasteiger partial charge >= 0.3 is 0 Å². The van der Waals surface area contributed by atoms with Gasteiger partial charge in [0, 0.05) is 41.6 Å². The average Bonchev–Trinajstić information content (AvgIpc) is 3.23. The molecule has 0 spiro atoms. The standard InChI is InChI=1S/C38H54O7S/c1-8-38-24-37(4,45-27-41-6)33(35(38)44-26-40-5)20-19-32(38)29(23-46-31-12-10-9-11-13-31)16-21-34(39)36(2,3)25-43-22-28-14-17-30(42-7)18-15-28/h8-18,32-35,39H,1,19-27H2,2-7H3/b29-16-/t32-,33+,34-,35+,37+,38-/m0/s1. The number of hydrogen-bond donors (Lipinski definition) is 1. The molecule has 2 aromatic rings. The molecule has 46 heavy (non-hydrogen) atoms. The largest absolute Gasteiger partial charge is 0.497 e. The van der Waals surface area contributed by atoms with E-state index in [1.165, 1.54) is 10.5 Å². The number of aliphatic hydroxyl groups is 1. The predicted octanol–water partition coefficient (Wildman–Crippen LogP) is 7.68. The topological polar surface area (TPSA) is 75.6 Å². The number of methoxy groups -OCH3 is 3. The fourth-order valence-corrected chi connectivity index (χ4v) is 8.37. The molecule has 2 bridgehead atoms. The minimum Gasteiger partial charge on any atom is -0.497 e. The minimum absolute atomic E-state index is 0.108. The van der Waals surface area contributed by atoms with Crippen molar-refractivity contribution in [1.29, 1.82) is 0 Å². The van der Waals surface area contributed by atoms with Crippen LogP contribution < -0.4 is 4.74 Å². The summed E-state index contributed by atoms with van der Waals surface area (Å²) in [6.45, 7) is 12.1. The second-order valence-electron chi connectivity index (χ2n) is 13.5. The van der Waals surface area contributed by atoms with Gasteiger partial charge in [0.2, 0.25) is 0 Å². The van der Waals surface area contributed by atoms with Crippen LogP contribution in [0.5, 0.6) is 5.75 Å². The molecule has 0 unspecified atom stereocenters. The zero-order valence-corrected chi connectivity index (χ0v) is 29.4. The van der Waals surface area contributed by atoms with Crippen molar-refractivity contribution in [3.8, 4) is 5.75 Å². The molecule has 254 valence electrons. The molecule has 0 aromatic heterocycles. The van der Waals surface area contributed by atoms with Crippen LogP contribution in [0.4, 0.5) is 0 Å². The quantitative estimate of drug-likeness (QED) is 0.0940. The molecule has 1 N–H and O–H groups in total. The van der Waals surface area contributed by atoms with Gasteiger partial charge < -0.3 is 33.5 Å². The van der Waals surface area contributed by atoms with Crippen LogP contribution in [-0.2, 0) is 30.3 Å². The van der Waals surface area contributed by atoms with Crippen LogP contribution in [0.1, 0.15) is 52.0 Å². The van der Waals surface area contributed by atoms with E-state index in [-0.39, 0.29) is 36.9 Å². The third kappa shape index (κ3) is 8.64. The summed E-state index contributed by atoms with van der Waals surface area (Å²) >= 11 is 1.83. The van der Waals surface area contributed by atoms with Crippen molar-refractivity contribution in [2.45, 2.75) is 75.8 Å². The monoisotopic (exact) mass is 654 g/mol. The van der Waals surface area contributed by atoms with Crippen molar-refractivity contribution >= 4 is 11.8 Å². The van der Waals surface area contributed by atoms with Crippen LogP contribution in [0.2, 0.25) is 0 Å². The second kappa shape index (κ2) is 16.8. The van der Waals surface area contributed by atoms with Crippen LogP contribution in [0.25, 0.3) is 0 Å². The van der Waals surface area contributed by atoms with Crippen LogP contribution in [-0.4, -0.2) is 70.2 Å². The van der Waals surface area contributed by atoms with E-state index in [1.54, 1.807) is 21.3 Å². The molecule has 2 aliphatic rings. The van der Waals surface area contributed by atoms with Crippen LogP contribution in [0, 0.1) is 22.7 Å². The fourth-order valence-electron chi connectivity index (χ4n) is 7.37. The Labute approximate surface area is 280 Å². The SMILES string of the molecule is C=C[C@]12C[C@@](C)(OCOC)[C@H](CC[C@H]1/C(=C\C[C@H](O)C(C)(C)COCc1ccc(OC)cc1)CSc1ccccc1)[C@H]2OCOC. The summed E-state index contributed by atoms with van der Waals surface area (Å²) < 4.78 is 35.0. The summed E-state index contributed by atoms with van der Waals surface area (Å²) in [5, 5.41) is 11.5. The van der Waals surface area contributed by atoms with E-state index in [1.807, 2.05) is 42.1 Å². The van der Waals surface area contributed by atoms with E-state index in [2.05, 4.69) is 63.8 Å². The molecular weight excluding hydrogens is 600 g/mol. The smallest absolute Gasteiger partial charge is 0.147 e. The van der Waals surface area contributed by atoms with Crippen molar-refractivity contribution in [2.24, 2.45) is 22.7 Å². The first-order chi connectivity index (χ1) is 22.1. The Morgan fingerprint density at radius 3 is 2.41 bits per heavy atom. The summed E-state index contributed by atoms with van der Waals surface area (Å²) in [5.74, 6) is 1.99. The summed E-state index contributed by atoms with van der Waals surface area (Å²) in [6.07, 6.45) is 6.94. The van der Waals surface area contributed by atoms with Gasteiger partial charge in [-0.15, -0.1) is 18.3 Å². The van der Waals surface area contributed by atoms with E-state index < -0.39 is 17.1 Å². The van der Waals surface area contributed by atoms with Crippen LogP contribution in [0.15, 0.2) is 83.8 Å². The zero-order chi connectivity index (χ0) is 33.2. The molecule has 2 aromatic carbocycles. The third-order valence-corrected chi connectivity index (χ3v) is 11.1. The maximum atomic E-state index is 11.5. The molecule has 6 atom stereocenters. The maximum Gasteiger partial charge on any atom is 0.147 e. The Morgan fingerprint density at radius 2 is 1.76 bits per heavy atom. The van der Waals surface area contributed by atoms with Gasteiger partial charge in [0.1, 0.15) is 19.3 Å². The van der Waals surface area contributed by atoms with E-state index in [0.29, 0.717) is 19.6 Å². The predicted molar refractivity (Wildman–Crippen MR) is 184 cm³/mol. The van der Waals surface area contributed by atoms with Gasteiger partial charge in [-0.25, -0.2) is 0 Å². The Kier molecular flexibility index (Phi) is 13.4. The first kappa shape index (κ1) is 36.7. The Bertz CT molecular complexity index is 1250. The maximum absolute atomic E-state index is 11.5. The molecular formula is C38H54O7S. The molecule has 0 aliphatic heterocycles. The van der Waals surface area contributed by atoms with Gasteiger partial charge in [0.15, 0.2) is 0 Å². The summed E-state index contributed by atoms with van der Waals surface area (Å²) in [5.41, 5.74) is 1.16. The Balaban J connectivity index is 1.56. The Hall–Kier alpha value is -2.17. The zero-order valence-electron chi connectivity index (χ0n) is 28.5. The van der Waals surface area contributed by atoms with Crippen molar-refractivity contribution in [3.05, 3.63) is 84.5 Å². The highest BCUT2D eigenvalue weighted by Gasteiger charge is 2.64. The molecule has 4 rings (SSSR count). The highest BCUT2D eigenvalue weighted by Crippen LogP contribution is 2.63. The normalized spacial score (nSPS) is 27.0. The lowest BCUT2D eigenvalue weighted by molar-refractivity contribution is -0.168. The van der Waals surface area contributed by atoms with Crippen molar-refractivity contribution in [2.75, 3.05) is 47.3 Å². The number of aliphatic hydroxyl groups excluding tert-OH is 1. The minimum atomic E-state index is -0.587. The molecule has 0 radical (unpaired) electrons. The lowest BCUT2D eigenvalue weighted by Crippen LogP contribution is -2.46. The lowest BCUT2D eigenvalue weighted by Gasteiger charge is -2.46. The molecule has 0 heterocycles. The highest BCUT2D eigenvalue weighted by molar-refractivity contribution is 7.99. The molecule has 0 saturated heterocycles. The molecule has 2 aliphatic carbocycles. The fraction of sp³-hybridized carbons (Fsp3) is 0.579. The van der Waals surface area contributed by atoms with Gasteiger partial charge in [0.05, 0.1) is 38.1 Å². The van der Waals surface area contributed by atoms with Crippen molar-refractivity contribution < 1.29 is 33.5 Å². The lowest BCUT2D eigenvalue weighted by atomic mass is 9.63. The summed E-state index contributed by atoms with van der Waals surface area (Å²) in [7, 11) is 4.98.